The van der Waals surface area contributed by atoms with Crippen LogP contribution in [-0.2, 0) is 17.5 Å². The first kappa shape index (κ1) is 21.2. The molecule has 1 N–H and O–H groups in total. The number of halogens is 4. The molecule has 3 aromatic rings. The van der Waals surface area contributed by atoms with E-state index in [1.54, 1.807) is 12.1 Å². The highest BCUT2D eigenvalue weighted by molar-refractivity contribution is 5.90. The largest absolute Gasteiger partial charge is 0.416 e. The maximum absolute atomic E-state index is 13.1. The number of hydrogen-bond acceptors (Lipinski definition) is 3. The molecule has 0 saturated heterocycles. The fourth-order valence-electron chi connectivity index (χ4n) is 2.74. The van der Waals surface area contributed by atoms with Gasteiger partial charge in [0.05, 0.1) is 11.3 Å². The predicted octanol–water partition coefficient (Wildman–Crippen LogP) is 4.49. The van der Waals surface area contributed by atoms with Crippen LogP contribution >= 0.6 is 0 Å². The fourth-order valence-corrected chi connectivity index (χ4v) is 2.74. The number of carbonyl (C=O) groups excluding carboxylic acids is 1. The standard InChI is InChI=1S/C21H17F4N3O2/c22-16-7-3-14(4-8-16)18-11-12-20(30)28(27-18)13-1-2-19(29)26-17-9-5-15(6-10-17)21(23,24)25/h3-12H,1-2,13H2,(H,26,29). The number of carbonyl (C=O) groups is 1. The molecular weight excluding hydrogens is 402 g/mol. The second-order valence-electron chi connectivity index (χ2n) is 6.51. The molecule has 1 aromatic heterocycles. The van der Waals surface area contributed by atoms with Crippen LogP contribution in [0.15, 0.2) is 65.5 Å². The number of amides is 1. The summed E-state index contributed by atoms with van der Waals surface area (Å²) >= 11 is 0. The number of aryl methyl sites for hydroxylation is 1. The van der Waals surface area contributed by atoms with Crippen molar-refractivity contribution in [3.05, 3.63) is 82.4 Å². The Morgan fingerprint density at radius 1 is 0.967 bits per heavy atom. The van der Waals surface area contributed by atoms with E-state index in [2.05, 4.69) is 10.4 Å². The molecule has 156 valence electrons. The van der Waals surface area contributed by atoms with Gasteiger partial charge >= 0.3 is 6.18 Å². The molecular formula is C21H17F4N3O2. The van der Waals surface area contributed by atoms with E-state index in [-0.39, 0.29) is 30.0 Å². The fraction of sp³-hybridized carbons (Fsp3) is 0.190. The maximum Gasteiger partial charge on any atom is 0.416 e. The highest BCUT2D eigenvalue weighted by atomic mass is 19.4. The highest BCUT2D eigenvalue weighted by Gasteiger charge is 2.29. The summed E-state index contributed by atoms with van der Waals surface area (Å²) < 4.78 is 51.9. The zero-order valence-electron chi connectivity index (χ0n) is 15.6. The molecule has 0 fully saturated rings. The predicted molar refractivity (Wildman–Crippen MR) is 103 cm³/mol. The van der Waals surface area contributed by atoms with Gasteiger partial charge in [-0.15, -0.1) is 0 Å². The van der Waals surface area contributed by atoms with Crippen molar-refractivity contribution in [3.8, 4) is 11.3 Å². The Labute approximate surface area is 169 Å². The van der Waals surface area contributed by atoms with Crippen molar-refractivity contribution in [2.24, 2.45) is 0 Å². The minimum Gasteiger partial charge on any atom is -0.326 e. The van der Waals surface area contributed by atoms with Crippen LogP contribution in [0.5, 0.6) is 0 Å². The molecule has 0 saturated carbocycles. The number of nitrogens with zero attached hydrogens (tertiary/aromatic N) is 2. The molecule has 0 aliphatic heterocycles. The Morgan fingerprint density at radius 3 is 2.27 bits per heavy atom. The third kappa shape index (κ3) is 5.53. The number of anilines is 1. The molecule has 3 rings (SSSR count). The van der Waals surface area contributed by atoms with Crippen LogP contribution in [0.3, 0.4) is 0 Å². The van der Waals surface area contributed by atoms with E-state index >= 15 is 0 Å². The first-order chi connectivity index (χ1) is 14.2. The topological polar surface area (TPSA) is 64.0 Å². The number of nitrogens with one attached hydrogen (secondary N) is 1. The van der Waals surface area contributed by atoms with E-state index in [9.17, 15) is 27.2 Å². The van der Waals surface area contributed by atoms with Crippen LogP contribution in [0.4, 0.5) is 23.2 Å². The van der Waals surface area contributed by atoms with Gasteiger partial charge in [-0.3, -0.25) is 9.59 Å². The van der Waals surface area contributed by atoms with Gasteiger partial charge in [-0.25, -0.2) is 9.07 Å². The van der Waals surface area contributed by atoms with Gasteiger partial charge in [-0.05, 0) is 61.0 Å². The molecule has 0 radical (unpaired) electrons. The van der Waals surface area contributed by atoms with Crippen molar-refractivity contribution in [3.63, 3.8) is 0 Å². The molecule has 0 unspecified atom stereocenters. The van der Waals surface area contributed by atoms with Crippen LogP contribution in [0.1, 0.15) is 18.4 Å². The number of rotatable bonds is 6. The van der Waals surface area contributed by atoms with Crippen molar-refractivity contribution in [2.75, 3.05) is 5.32 Å². The molecule has 0 aliphatic rings. The van der Waals surface area contributed by atoms with Crippen LogP contribution in [0, 0.1) is 5.82 Å². The first-order valence-electron chi connectivity index (χ1n) is 9.03. The Hall–Kier alpha value is -3.49. The Bertz CT molecular complexity index is 1080. The van der Waals surface area contributed by atoms with Crippen molar-refractivity contribution < 1.29 is 22.4 Å². The lowest BCUT2D eigenvalue weighted by Crippen LogP contribution is -2.23. The average molecular weight is 419 g/mol. The van der Waals surface area contributed by atoms with E-state index in [4.69, 9.17) is 0 Å². The molecule has 0 bridgehead atoms. The molecule has 9 heteroatoms. The summed E-state index contributed by atoms with van der Waals surface area (Å²) in [6.07, 6.45) is -4.09. The van der Waals surface area contributed by atoms with Gasteiger partial charge in [0, 0.05) is 30.3 Å². The minimum absolute atomic E-state index is 0.0515. The second kappa shape index (κ2) is 8.89. The second-order valence-corrected chi connectivity index (χ2v) is 6.51. The summed E-state index contributed by atoms with van der Waals surface area (Å²) in [6.45, 7) is 0.175. The van der Waals surface area contributed by atoms with Crippen molar-refractivity contribution in [2.45, 2.75) is 25.6 Å². The average Bonchev–Trinajstić information content (AvgIpc) is 2.70. The van der Waals surface area contributed by atoms with Crippen molar-refractivity contribution in [1.82, 2.24) is 9.78 Å². The number of alkyl halides is 3. The number of aromatic nitrogens is 2. The lowest BCUT2D eigenvalue weighted by molar-refractivity contribution is -0.137. The molecule has 0 aliphatic carbocycles. The Morgan fingerprint density at radius 2 is 1.63 bits per heavy atom. The van der Waals surface area contributed by atoms with Crippen LogP contribution < -0.4 is 10.9 Å². The Kier molecular flexibility index (Phi) is 6.29. The SMILES string of the molecule is O=C(CCCn1nc(-c2ccc(F)cc2)ccc1=O)Nc1ccc(C(F)(F)F)cc1. The first-order valence-corrected chi connectivity index (χ1v) is 9.03. The summed E-state index contributed by atoms with van der Waals surface area (Å²) in [6, 6.07) is 12.7. The monoisotopic (exact) mass is 419 g/mol. The maximum atomic E-state index is 13.1. The zero-order chi connectivity index (χ0) is 21.7. The summed E-state index contributed by atoms with van der Waals surface area (Å²) in [7, 11) is 0. The van der Waals surface area contributed by atoms with Gasteiger partial charge < -0.3 is 5.32 Å². The third-order valence-electron chi connectivity index (χ3n) is 4.28. The van der Waals surface area contributed by atoms with Crippen LogP contribution in [0.25, 0.3) is 11.3 Å². The van der Waals surface area contributed by atoms with Gasteiger partial charge in [-0.1, -0.05) is 0 Å². The number of hydrogen-bond donors (Lipinski definition) is 1. The molecule has 1 heterocycles. The van der Waals surface area contributed by atoms with E-state index in [0.717, 1.165) is 12.1 Å². The van der Waals surface area contributed by atoms with Gasteiger partial charge in [-0.2, -0.15) is 18.3 Å². The lowest BCUT2D eigenvalue weighted by Gasteiger charge is -2.09. The highest BCUT2D eigenvalue weighted by Crippen LogP contribution is 2.29. The van der Waals surface area contributed by atoms with Crippen molar-refractivity contribution >= 4 is 11.6 Å². The van der Waals surface area contributed by atoms with E-state index in [1.807, 2.05) is 0 Å². The van der Waals surface area contributed by atoms with E-state index < -0.39 is 17.6 Å². The molecule has 5 nitrogen and oxygen atoms in total. The summed E-state index contributed by atoms with van der Waals surface area (Å²) in [5.74, 6) is -0.774. The van der Waals surface area contributed by atoms with E-state index in [0.29, 0.717) is 17.7 Å². The van der Waals surface area contributed by atoms with Gasteiger partial charge in [0.2, 0.25) is 5.91 Å². The van der Waals surface area contributed by atoms with Gasteiger partial charge in [0.15, 0.2) is 0 Å². The van der Waals surface area contributed by atoms with Gasteiger partial charge in [0.1, 0.15) is 5.82 Å². The Balaban J connectivity index is 1.57. The molecule has 2 aromatic carbocycles. The molecule has 1 amide bonds. The van der Waals surface area contributed by atoms with Crippen LogP contribution in [-0.4, -0.2) is 15.7 Å². The quantitative estimate of drug-likeness (QED) is 0.599. The van der Waals surface area contributed by atoms with Crippen molar-refractivity contribution in [1.29, 1.82) is 0 Å². The van der Waals surface area contributed by atoms with Crippen LogP contribution in [0.2, 0.25) is 0 Å². The molecule has 30 heavy (non-hydrogen) atoms. The molecule has 0 atom stereocenters. The number of benzene rings is 2. The summed E-state index contributed by atoms with van der Waals surface area (Å²) in [5, 5.41) is 6.74. The van der Waals surface area contributed by atoms with E-state index in [1.165, 1.54) is 41.1 Å². The lowest BCUT2D eigenvalue weighted by atomic mass is 10.1. The normalized spacial score (nSPS) is 11.3. The smallest absolute Gasteiger partial charge is 0.326 e. The van der Waals surface area contributed by atoms with Gasteiger partial charge in [0.25, 0.3) is 5.56 Å². The minimum atomic E-state index is -4.44. The summed E-state index contributed by atoms with van der Waals surface area (Å²) in [5.41, 5.74) is 0.242. The molecule has 0 spiro atoms. The zero-order valence-corrected chi connectivity index (χ0v) is 15.6. The third-order valence-corrected chi connectivity index (χ3v) is 4.28. The summed E-state index contributed by atoms with van der Waals surface area (Å²) in [4.78, 5) is 24.0.